The number of rotatable bonds is 5. The van der Waals surface area contributed by atoms with Crippen LogP contribution in [-0.2, 0) is 11.3 Å². The molecule has 0 radical (unpaired) electrons. The molecule has 5 heteroatoms. The number of carbonyl (C=O) groups is 1. The van der Waals surface area contributed by atoms with Crippen LogP contribution in [0.15, 0.2) is 34.7 Å². The van der Waals surface area contributed by atoms with Gasteiger partial charge in [0.1, 0.15) is 17.1 Å². The average Bonchev–Trinajstić information content (AvgIpc) is 2.85. The molecule has 21 heavy (non-hydrogen) atoms. The fourth-order valence-electron chi connectivity index (χ4n) is 2.14. The molecule has 0 aliphatic carbocycles. The van der Waals surface area contributed by atoms with E-state index in [1.807, 2.05) is 43.3 Å². The molecule has 1 heterocycles. The first kappa shape index (κ1) is 15.0. The van der Waals surface area contributed by atoms with Crippen molar-refractivity contribution in [3.63, 3.8) is 0 Å². The Hall–Kier alpha value is -2.43. The second kappa shape index (κ2) is 6.35. The number of furan rings is 1. The number of anilines is 2. The Bertz CT molecular complexity index is 632. The van der Waals surface area contributed by atoms with Gasteiger partial charge in [0.15, 0.2) is 0 Å². The van der Waals surface area contributed by atoms with Crippen LogP contribution >= 0.6 is 0 Å². The molecule has 2 rings (SSSR count). The van der Waals surface area contributed by atoms with Crippen molar-refractivity contribution in [1.29, 1.82) is 0 Å². The van der Waals surface area contributed by atoms with Crippen LogP contribution in [0.4, 0.5) is 11.4 Å². The number of hydrogen-bond donors (Lipinski definition) is 1. The Morgan fingerprint density at radius 1 is 1.33 bits per heavy atom. The fourth-order valence-corrected chi connectivity index (χ4v) is 2.14. The zero-order chi connectivity index (χ0) is 15.4. The van der Waals surface area contributed by atoms with Gasteiger partial charge < -0.3 is 19.4 Å². The van der Waals surface area contributed by atoms with E-state index in [-0.39, 0.29) is 5.97 Å². The van der Waals surface area contributed by atoms with Crippen LogP contribution < -0.4 is 10.2 Å². The van der Waals surface area contributed by atoms with Crippen molar-refractivity contribution in [1.82, 2.24) is 0 Å². The summed E-state index contributed by atoms with van der Waals surface area (Å²) < 4.78 is 10.3. The van der Waals surface area contributed by atoms with Gasteiger partial charge in [-0.1, -0.05) is 12.1 Å². The van der Waals surface area contributed by atoms with E-state index in [1.165, 1.54) is 7.11 Å². The highest BCUT2D eigenvalue weighted by Crippen LogP contribution is 2.24. The summed E-state index contributed by atoms with van der Waals surface area (Å²) >= 11 is 0. The third-order valence-corrected chi connectivity index (χ3v) is 3.21. The second-order valence-corrected chi connectivity index (χ2v) is 4.94. The normalized spacial score (nSPS) is 10.3. The average molecular weight is 288 g/mol. The lowest BCUT2D eigenvalue weighted by atomic mass is 10.2. The first-order chi connectivity index (χ1) is 10.0. The van der Waals surface area contributed by atoms with Gasteiger partial charge in [-0.25, -0.2) is 4.79 Å². The summed E-state index contributed by atoms with van der Waals surface area (Å²) in [6, 6.07) is 9.73. The maximum absolute atomic E-state index is 11.6. The molecule has 0 bridgehead atoms. The molecular weight excluding hydrogens is 268 g/mol. The zero-order valence-electron chi connectivity index (χ0n) is 12.8. The monoisotopic (exact) mass is 288 g/mol. The molecule has 0 aliphatic rings. The molecule has 0 unspecified atom stereocenters. The standard InChI is InChI=1S/C16H20N2O3/c1-11-13(16(19)20-4)9-12(21-11)10-17-14-7-5-6-8-15(14)18(2)3/h5-9,17H,10H2,1-4H3. The molecular formula is C16H20N2O3. The van der Waals surface area contributed by atoms with Crippen molar-refractivity contribution in [3.8, 4) is 0 Å². The topological polar surface area (TPSA) is 54.7 Å². The highest BCUT2D eigenvalue weighted by molar-refractivity contribution is 5.90. The molecule has 2 aromatic rings. The van der Waals surface area contributed by atoms with E-state index in [1.54, 1.807) is 13.0 Å². The number of esters is 1. The van der Waals surface area contributed by atoms with Gasteiger partial charge in [0.2, 0.25) is 0 Å². The molecule has 0 saturated heterocycles. The Morgan fingerprint density at radius 2 is 2.05 bits per heavy atom. The summed E-state index contributed by atoms with van der Waals surface area (Å²) in [6.07, 6.45) is 0. The lowest BCUT2D eigenvalue weighted by molar-refractivity contribution is 0.0599. The van der Waals surface area contributed by atoms with Crippen LogP contribution in [0.2, 0.25) is 0 Å². The number of carbonyl (C=O) groups excluding carboxylic acids is 1. The number of nitrogens with zero attached hydrogens (tertiary/aromatic N) is 1. The quantitative estimate of drug-likeness (QED) is 0.857. The van der Waals surface area contributed by atoms with Gasteiger partial charge in [0.05, 0.1) is 25.0 Å². The van der Waals surface area contributed by atoms with Crippen LogP contribution in [-0.4, -0.2) is 27.2 Å². The van der Waals surface area contributed by atoms with Gasteiger partial charge in [0, 0.05) is 14.1 Å². The first-order valence-corrected chi connectivity index (χ1v) is 6.70. The summed E-state index contributed by atoms with van der Waals surface area (Å²) in [5.41, 5.74) is 2.57. The smallest absolute Gasteiger partial charge is 0.341 e. The van der Waals surface area contributed by atoms with Crippen molar-refractivity contribution < 1.29 is 13.9 Å². The maximum atomic E-state index is 11.6. The third kappa shape index (κ3) is 3.37. The summed E-state index contributed by atoms with van der Waals surface area (Å²) in [6.45, 7) is 2.26. The number of methoxy groups -OCH3 is 1. The van der Waals surface area contributed by atoms with E-state index >= 15 is 0 Å². The van der Waals surface area contributed by atoms with E-state index in [0.717, 1.165) is 11.4 Å². The SMILES string of the molecule is COC(=O)c1cc(CNc2ccccc2N(C)C)oc1C. The number of benzene rings is 1. The minimum Gasteiger partial charge on any atom is -0.465 e. The van der Waals surface area contributed by atoms with E-state index in [2.05, 4.69) is 5.32 Å². The van der Waals surface area contributed by atoms with Crippen molar-refractivity contribution in [3.05, 3.63) is 47.4 Å². The molecule has 0 spiro atoms. The number of nitrogens with one attached hydrogen (secondary N) is 1. The largest absolute Gasteiger partial charge is 0.465 e. The molecule has 0 saturated carbocycles. The van der Waals surface area contributed by atoms with Gasteiger partial charge in [-0.15, -0.1) is 0 Å². The summed E-state index contributed by atoms with van der Waals surface area (Å²) in [4.78, 5) is 13.6. The molecule has 1 aromatic carbocycles. The second-order valence-electron chi connectivity index (χ2n) is 4.94. The number of ether oxygens (including phenoxy) is 1. The van der Waals surface area contributed by atoms with Crippen LogP contribution in [0.1, 0.15) is 21.9 Å². The minimum absolute atomic E-state index is 0.379. The van der Waals surface area contributed by atoms with Gasteiger partial charge in [-0.2, -0.15) is 0 Å². The highest BCUT2D eigenvalue weighted by Gasteiger charge is 2.15. The lowest BCUT2D eigenvalue weighted by Gasteiger charge is -2.17. The maximum Gasteiger partial charge on any atom is 0.341 e. The van der Waals surface area contributed by atoms with Crippen molar-refractivity contribution >= 4 is 17.3 Å². The van der Waals surface area contributed by atoms with E-state index in [4.69, 9.17) is 9.15 Å². The van der Waals surface area contributed by atoms with E-state index < -0.39 is 0 Å². The van der Waals surface area contributed by atoms with E-state index in [9.17, 15) is 4.79 Å². The zero-order valence-corrected chi connectivity index (χ0v) is 12.8. The van der Waals surface area contributed by atoms with Crippen LogP contribution in [0.5, 0.6) is 0 Å². The molecule has 0 amide bonds. The number of hydrogen-bond acceptors (Lipinski definition) is 5. The van der Waals surface area contributed by atoms with Crippen LogP contribution in [0.3, 0.4) is 0 Å². The predicted octanol–water partition coefficient (Wildman–Crippen LogP) is 3.05. The van der Waals surface area contributed by atoms with Crippen LogP contribution in [0.25, 0.3) is 0 Å². The summed E-state index contributed by atoms with van der Waals surface area (Å²) in [5.74, 6) is 0.886. The molecule has 0 fully saturated rings. The van der Waals surface area contributed by atoms with Crippen molar-refractivity contribution in [2.75, 3.05) is 31.4 Å². The van der Waals surface area contributed by atoms with E-state index in [0.29, 0.717) is 23.6 Å². The summed E-state index contributed by atoms with van der Waals surface area (Å²) in [5, 5.41) is 3.32. The van der Waals surface area contributed by atoms with Crippen LogP contribution in [0, 0.1) is 6.92 Å². The van der Waals surface area contributed by atoms with Gasteiger partial charge in [-0.05, 0) is 25.1 Å². The summed E-state index contributed by atoms with van der Waals surface area (Å²) in [7, 11) is 5.35. The molecule has 112 valence electrons. The number of aryl methyl sites for hydroxylation is 1. The first-order valence-electron chi connectivity index (χ1n) is 6.70. The van der Waals surface area contributed by atoms with Crippen molar-refractivity contribution in [2.24, 2.45) is 0 Å². The Morgan fingerprint density at radius 3 is 2.71 bits per heavy atom. The molecule has 0 aliphatic heterocycles. The minimum atomic E-state index is -0.379. The Labute approximate surface area is 124 Å². The van der Waals surface area contributed by atoms with Gasteiger partial charge in [-0.3, -0.25) is 0 Å². The van der Waals surface area contributed by atoms with Crippen molar-refractivity contribution in [2.45, 2.75) is 13.5 Å². The molecule has 5 nitrogen and oxygen atoms in total. The Kier molecular flexibility index (Phi) is 4.52. The predicted molar refractivity (Wildman–Crippen MR) is 82.9 cm³/mol. The lowest BCUT2D eigenvalue weighted by Crippen LogP contribution is -2.11. The molecule has 1 aromatic heterocycles. The molecule has 1 N–H and O–H groups in total. The number of para-hydroxylation sites is 2. The third-order valence-electron chi connectivity index (χ3n) is 3.21. The fraction of sp³-hybridized carbons (Fsp3) is 0.312. The van der Waals surface area contributed by atoms with Gasteiger partial charge >= 0.3 is 5.97 Å². The van der Waals surface area contributed by atoms with Gasteiger partial charge in [0.25, 0.3) is 0 Å². The Balaban J connectivity index is 2.12. The highest BCUT2D eigenvalue weighted by atomic mass is 16.5. The molecule has 0 atom stereocenters.